The van der Waals surface area contributed by atoms with Gasteiger partial charge in [-0.2, -0.15) is 0 Å². The summed E-state index contributed by atoms with van der Waals surface area (Å²) in [6, 6.07) is 5.46. The molecule has 0 saturated heterocycles. The summed E-state index contributed by atoms with van der Waals surface area (Å²) in [5, 5.41) is 2.30. The van der Waals surface area contributed by atoms with Gasteiger partial charge in [0.1, 0.15) is 11.6 Å². The van der Waals surface area contributed by atoms with Crippen LogP contribution in [0.4, 0.5) is 0 Å². The molecule has 1 aromatic heterocycles. The Morgan fingerprint density at radius 2 is 2.12 bits per heavy atom. The monoisotopic (exact) mass is 273 g/mol. The van der Waals surface area contributed by atoms with Gasteiger partial charge in [0, 0.05) is 15.5 Å². The third-order valence-corrected chi connectivity index (χ3v) is 3.82. The number of nitrogens with zero attached hydrogens (tertiary/aromatic N) is 1. The molecule has 0 unspecified atom stereocenters. The molecule has 0 bridgehead atoms. The summed E-state index contributed by atoms with van der Waals surface area (Å²) < 4.78 is 0. The molecule has 16 heavy (non-hydrogen) atoms. The van der Waals surface area contributed by atoms with Crippen LogP contribution in [0.3, 0.4) is 0 Å². The van der Waals surface area contributed by atoms with Gasteiger partial charge in [-0.1, -0.05) is 23.2 Å². The summed E-state index contributed by atoms with van der Waals surface area (Å²) in [6.07, 6.45) is 0. The molecular formula is C11H11Cl2N2S+. The summed E-state index contributed by atoms with van der Waals surface area (Å²) in [5.74, 6) is 0. The van der Waals surface area contributed by atoms with Crippen molar-refractivity contribution >= 4 is 34.5 Å². The standard InChI is InChI=1S/C11H10Cl2N2S/c1-6-11(15-10(5-14)16-6)8-3-2-7(12)4-9(8)13/h2-4H,5,14H2,1H3/p+1. The lowest BCUT2D eigenvalue weighted by Gasteiger charge is -2.02. The molecule has 1 heterocycles. The van der Waals surface area contributed by atoms with Crippen molar-refractivity contribution < 1.29 is 5.73 Å². The fourth-order valence-electron chi connectivity index (χ4n) is 1.49. The topological polar surface area (TPSA) is 40.5 Å². The zero-order valence-electron chi connectivity index (χ0n) is 8.76. The minimum Gasteiger partial charge on any atom is -0.352 e. The summed E-state index contributed by atoms with van der Waals surface area (Å²) >= 11 is 13.7. The number of quaternary nitrogens is 1. The highest BCUT2D eigenvalue weighted by atomic mass is 35.5. The molecule has 0 aliphatic carbocycles. The van der Waals surface area contributed by atoms with E-state index in [1.165, 1.54) is 0 Å². The molecule has 0 spiro atoms. The van der Waals surface area contributed by atoms with Gasteiger partial charge in [-0.3, -0.25) is 0 Å². The Morgan fingerprint density at radius 1 is 1.38 bits per heavy atom. The first-order valence-electron chi connectivity index (χ1n) is 4.83. The van der Waals surface area contributed by atoms with Crippen LogP contribution in [-0.2, 0) is 6.54 Å². The Bertz CT molecular complexity index is 523. The van der Waals surface area contributed by atoms with Gasteiger partial charge in [0.25, 0.3) is 0 Å². The van der Waals surface area contributed by atoms with E-state index in [-0.39, 0.29) is 0 Å². The van der Waals surface area contributed by atoms with E-state index in [4.69, 9.17) is 23.2 Å². The fourth-order valence-corrected chi connectivity index (χ4v) is 2.83. The number of hydrogen-bond donors (Lipinski definition) is 1. The van der Waals surface area contributed by atoms with Crippen molar-refractivity contribution in [2.24, 2.45) is 0 Å². The Balaban J connectivity index is 2.53. The van der Waals surface area contributed by atoms with E-state index >= 15 is 0 Å². The molecule has 0 atom stereocenters. The molecule has 5 heteroatoms. The zero-order valence-corrected chi connectivity index (χ0v) is 11.1. The number of aromatic nitrogens is 1. The van der Waals surface area contributed by atoms with Crippen LogP contribution >= 0.6 is 34.5 Å². The Hall–Kier alpha value is -0.610. The molecule has 0 aliphatic heterocycles. The van der Waals surface area contributed by atoms with Crippen molar-refractivity contribution in [1.29, 1.82) is 0 Å². The number of rotatable bonds is 2. The molecule has 3 N–H and O–H groups in total. The van der Waals surface area contributed by atoms with Crippen LogP contribution in [0.15, 0.2) is 18.2 Å². The molecule has 0 aliphatic rings. The van der Waals surface area contributed by atoms with Gasteiger partial charge >= 0.3 is 0 Å². The smallest absolute Gasteiger partial charge is 0.148 e. The van der Waals surface area contributed by atoms with Crippen molar-refractivity contribution in [3.05, 3.63) is 38.1 Å². The third-order valence-electron chi connectivity index (χ3n) is 2.24. The maximum absolute atomic E-state index is 6.15. The van der Waals surface area contributed by atoms with Crippen LogP contribution in [0.5, 0.6) is 0 Å². The molecule has 2 nitrogen and oxygen atoms in total. The second kappa shape index (κ2) is 4.72. The van der Waals surface area contributed by atoms with Crippen LogP contribution in [0.25, 0.3) is 11.3 Å². The predicted molar refractivity (Wildman–Crippen MR) is 68.9 cm³/mol. The first-order chi connectivity index (χ1) is 7.61. The normalized spacial score (nSPS) is 10.8. The van der Waals surface area contributed by atoms with Crippen molar-refractivity contribution in [2.75, 3.05) is 0 Å². The number of benzene rings is 1. The van der Waals surface area contributed by atoms with Gasteiger partial charge in [-0.05, 0) is 25.1 Å². The second-order valence-electron chi connectivity index (χ2n) is 3.39. The summed E-state index contributed by atoms with van der Waals surface area (Å²) in [4.78, 5) is 5.67. The molecule has 0 fully saturated rings. The van der Waals surface area contributed by atoms with E-state index in [0.717, 1.165) is 21.1 Å². The average molecular weight is 274 g/mol. The van der Waals surface area contributed by atoms with E-state index in [1.807, 2.05) is 19.1 Å². The van der Waals surface area contributed by atoms with Crippen LogP contribution in [-0.4, -0.2) is 4.98 Å². The van der Waals surface area contributed by atoms with Gasteiger partial charge in [-0.25, -0.2) is 4.98 Å². The van der Waals surface area contributed by atoms with E-state index in [2.05, 4.69) is 10.7 Å². The van der Waals surface area contributed by atoms with E-state index < -0.39 is 0 Å². The predicted octanol–water partition coefficient (Wildman–Crippen LogP) is 3.17. The summed E-state index contributed by atoms with van der Waals surface area (Å²) in [5.41, 5.74) is 5.70. The number of aryl methyl sites for hydroxylation is 1. The lowest BCUT2D eigenvalue weighted by atomic mass is 10.1. The molecule has 1 aromatic carbocycles. The lowest BCUT2D eigenvalue weighted by Crippen LogP contribution is -2.47. The lowest BCUT2D eigenvalue weighted by molar-refractivity contribution is -0.386. The zero-order chi connectivity index (χ0) is 11.7. The SMILES string of the molecule is Cc1sc(C[NH3+])nc1-c1ccc(Cl)cc1Cl. The molecule has 84 valence electrons. The maximum atomic E-state index is 6.15. The van der Waals surface area contributed by atoms with E-state index in [1.54, 1.807) is 17.4 Å². The molecule has 2 rings (SSSR count). The molecule has 0 radical (unpaired) electrons. The number of halogens is 2. The minimum absolute atomic E-state index is 0.636. The number of hydrogen-bond acceptors (Lipinski definition) is 2. The Kier molecular flexibility index (Phi) is 3.50. The molecule has 0 amide bonds. The van der Waals surface area contributed by atoms with E-state index in [0.29, 0.717) is 16.6 Å². The van der Waals surface area contributed by atoms with E-state index in [9.17, 15) is 0 Å². The van der Waals surface area contributed by atoms with Crippen molar-refractivity contribution in [3.63, 3.8) is 0 Å². The van der Waals surface area contributed by atoms with Crippen molar-refractivity contribution in [3.8, 4) is 11.3 Å². The Labute approximate surface area is 108 Å². The van der Waals surface area contributed by atoms with Crippen LogP contribution in [0, 0.1) is 6.92 Å². The van der Waals surface area contributed by atoms with Crippen molar-refractivity contribution in [2.45, 2.75) is 13.5 Å². The van der Waals surface area contributed by atoms with Crippen LogP contribution in [0.2, 0.25) is 10.0 Å². The van der Waals surface area contributed by atoms with Gasteiger partial charge < -0.3 is 5.73 Å². The molecule has 0 saturated carbocycles. The highest BCUT2D eigenvalue weighted by Gasteiger charge is 2.12. The first-order valence-corrected chi connectivity index (χ1v) is 6.40. The summed E-state index contributed by atoms with van der Waals surface area (Å²) in [6.45, 7) is 2.74. The van der Waals surface area contributed by atoms with Gasteiger partial charge in [0.15, 0.2) is 0 Å². The quantitative estimate of drug-likeness (QED) is 0.897. The second-order valence-corrected chi connectivity index (χ2v) is 5.52. The van der Waals surface area contributed by atoms with Gasteiger partial charge in [-0.15, -0.1) is 11.3 Å². The molecular weight excluding hydrogens is 263 g/mol. The number of thiazole rings is 1. The average Bonchev–Trinajstić information content (AvgIpc) is 2.60. The third kappa shape index (κ3) is 2.23. The minimum atomic E-state index is 0.636. The first kappa shape index (κ1) is 11.9. The maximum Gasteiger partial charge on any atom is 0.148 e. The van der Waals surface area contributed by atoms with Crippen LogP contribution < -0.4 is 5.73 Å². The summed E-state index contributed by atoms with van der Waals surface area (Å²) in [7, 11) is 0. The van der Waals surface area contributed by atoms with Crippen molar-refractivity contribution in [1.82, 2.24) is 4.98 Å². The van der Waals surface area contributed by atoms with Gasteiger partial charge in [0.05, 0.1) is 10.7 Å². The fraction of sp³-hybridized carbons (Fsp3) is 0.182. The van der Waals surface area contributed by atoms with Crippen LogP contribution in [0.1, 0.15) is 9.88 Å². The largest absolute Gasteiger partial charge is 0.352 e. The highest BCUT2D eigenvalue weighted by Crippen LogP contribution is 2.33. The Morgan fingerprint density at radius 3 is 2.69 bits per heavy atom. The van der Waals surface area contributed by atoms with Gasteiger partial charge in [0.2, 0.25) is 0 Å². The molecule has 2 aromatic rings. The highest BCUT2D eigenvalue weighted by molar-refractivity contribution is 7.12.